The van der Waals surface area contributed by atoms with Crippen molar-refractivity contribution in [2.75, 3.05) is 25.5 Å². The molecule has 0 saturated heterocycles. The van der Waals surface area contributed by atoms with Crippen LogP contribution in [0.3, 0.4) is 0 Å². The lowest BCUT2D eigenvalue weighted by Gasteiger charge is -2.08. The molecule has 0 aliphatic carbocycles. The molecule has 0 unspecified atom stereocenters. The molecule has 0 atom stereocenters. The lowest BCUT2D eigenvalue weighted by atomic mass is 10.1. The number of hydrogen-bond donors (Lipinski definition) is 2. The van der Waals surface area contributed by atoms with Gasteiger partial charge in [-0.3, -0.25) is 14.9 Å². The standard InChI is InChI=1S/C16H17N3O4/c1-17-14-8-7-12(11-15(14)19(21)22)16(20)18-9-10-23-13-5-3-2-4-6-13/h2-8,11,17H,9-10H2,1H3,(H,18,20). The van der Waals surface area contributed by atoms with Crippen LogP contribution in [0.2, 0.25) is 0 Å². The summed E-state index contributed by atoms with van der Waals surface area (Å²) in [4.78, 5) is 22.5. The van der Waals surface area contributed by atoms with Crippen LogP contribution in [-0.2, 0) is 0 Å². The predicted octanol–water partition coefficient (Wildman–Crippen LogP) is 2.45. The summed E-state index contributed by atoms with van der Waals surface area (Å²) < 4.78 is 5.46. The number of para-hydroxylation sites is 1. The van der Waals surface area contributed by atoms with Crippen LogP contribution in [0.25, 0.3) is 0 Å². The highest BCUT2D eigenvalue weighted by Gasteiger charge is 2.16. The van der Waals surface area contributed by atoms with Crippen LogP contribution >= 0.6 is 0 Å². The van der Waals surface area contributed by atoms with Crippen molar-refractivity contribution in [3.05, 3.63) is 64.2 Å². The van der Waals surface area contributed by atoms with E-state index in [4.69, 9.17) is 4.74 Å². The third-order valence-corrected chi connectivity index (χ3v) is 3.13. The van der Waals surface area contributed by atoms with E-state index in [0.717, 1.165) is 5.75 Å². The molecule has 23 heavy (non-hydrogen) atoms. The number of hydrogen-bond acceptors (Lipinski definition) is 5. The van der Waals surface area contributed by atoms with Crippen molar-refractivity contribution in [2.24, 2.45) is 0 Å². The highest BCUT2D eigenvalue weighted by Crippen LogP contribution is 2.24. The molecule has 120 valence electrons. The molecule has 2 aromatic carbocycles. The van der Waals surface area contributed by atoms with Gasteiger partial charge in [0.2, 0.25) is 0 Å². The van der Waals surface area contributed by atoms with Crippen molar-refractivity contribution in [3.63, 3.8) is 0 Å². The number of nitrogens with one attached hydrogen (secondary N) is 2. The van der Waals surface area contributed by atoms with Crippen LogP contribution in [0.5, 0.6) is 5.75 Å². The third-order valence-electron chi connectivity index (χ3n) is 3.13. The number of nitro benzene ring substituents is 1. The number of nitro groups is 1. The van der Waals surface area contributed by atoms with E-state index >= 15 is 0 Å². The van der Waals surface area contributed by atoms with Crippen LogP contribution in [0.4, 0.5) is 11.4 Å². The summed E-state index contributed by atoms with van der Waals surface area (Å²) in [5.41, 5.74) is 0.454. The van der Waals surface area contributed by atoms with Crippen LogP contribution < -0.4 is 15.4 Å². The van der Waals surface area contributed by atoms with Crippen molar-refractivity contribution in [1.82, 2.24) is 5.32 Å². The SMILES string of the molecule is CNc1ccc(C(=O)NCCOc2ccccc2)cc1[N+](=O)[O-]. The fraction of sp³-hybridized carbons (Fsp3) is 0.188. The average molecular weight is 315 g/mol. The Hall–Kier alpha value is -3.09. The topological polar surface area (TPSA) is 93.5 Å². The van der Waals surface area contributed by atoms with Crippen LogP contribution in [0, 0.1) is 10.1 Å². The molecule has 0 saturated carbocycles. The van der Waals surface area contributed by atoms with E-state index in [9.17, 15) is 14.9 Å². The summed E-state index contributed by atoms with van der Waals surface area (Å²) in [6.45, 7) is 0.613. The Morgan fingerprint density at radius 3 is 2.61 bits per heavy atom. The molecular formula is C16H17N3O4. The second-order valence-corrected chi connectivity index (χ2v) is 4.66. The Labute approximate surface area is 133 Å². The Kier molecular flexibility index (Phi) is 5.51. The first-order valence-electron chi connectivity index (χ1n) is 7.04. The van der Waals surface area contributed by atoms with Crippen molar-refractivity contribution in [3.8, 4) is 5.75 Å². The molecular weight excluding hydrogens is 298 g/mol. The lowest BCUT2D eigenvalue weighted by Crippen LogP contribution is -2.28. The molecule has 0 aromatic heterocycles. The van der Waals surface area contributed by atoms with Gasteiger partial charge in [-0.2, -0.15) is 0 Å². The van der Waals surface area contributed by atoms with E-state index in [2.05, 4.69) is 10.6 Å². The monoisotopic (exact) mass is 315 g/mol. The van der Waals surface area contributed by atoms with E-state index in [1.807, 2.05) is 30.3 Å². The zero-order chi connectivity index (χ0) is 16.7. The second kappa shape index (κ2) is 7.79. The van der Waals surface area contributed by atoms with Crippen LogP contribution in [-0.4, -0.2) is 31.0 Å². The molecule has 0 aliphatic heterocycles. The zero-order valence-electron chi connectivity index (χ0n) is 12.6. The number of carbonyl (C=O) groups is 1. The Balaban J connectivity index is 1.90. The molecule has 2 aromatic rings. The van der Waals surface area contributed by atoms with Crippen molar-refractivity contribution < 1.29 is 14.5 Å². The maximum absolute atomic E-state index is 12.0. The Morgan fingerprint density at radius 1 is 1.22 bits per heavy atom. The Morgan fingerprint density at radius 2 is 1.96 bits per heavy atom. The van der Waals surface area contributed by atoms with Gasteiger partial charge in [0, 0.05) is 18.7 Å². The molecule has 0 heterocycles. The largest absolute Gasteiger partial charge is 0.492 e. The van der Waals surface area contributed by atoms with Gasteiger partial charge in [0.15, 0.2) is 0 Å². The fourth-order valence-electron chi connectivity index (χ4n) is 1.99. The summed E-state index contributed by atoms with van der Waals surface area (Å²) in [6, 6.07) is 13.5. The van der Waals surface area contributed by atoms with Gasteiger partial charge in [0.1, 0.15) is 18.0 Å². The van der Waals surface area contributed by atoms with Gasteiger partial charge in [-0.05, 0) is 24.3 Å². The van der Waals surface area contributed by atoms with Gasteiger partial charge in [0.25, 0.3) is 11.6 Å². The van der Waals surface area contributed by atoms with Gasteiger partial charge in [-0.15, -0.1) is 0 Å². The highest BCUT2D eigenvalue weighted by atomic mass is 16.6. The number of rotatable bonds is 7. The summed E-state index contributed by atoms with van der Waals surface area (Å²) in [6.07, 6.45) is 0. The minimum Gasteiger partial charge on any atom is -0.492 e. The minimum absolute atomic E-state index is 0.138. The number of anilines is 1. The number of benzene rings is 2. The van der Waals surface area contributed by atoms with Crippen molar-refractivity contribution in [1.29, 1.82) is 0 Å². The van der Waals surface area contributed by atoms with Crippen LogP contribution in [0.1, 0.15) is 10.4 Å². The predicted molar refractivity (Wildman–Crippen MR) is 86.9 cm³/mol. The molecule has 1 amide bonds. The molecule has 0 aliphatic rings. The van der Waals surface area contributed by atoms with Crippen molar-refractivity contribution in [2.45, 2.75) is 0 Å². The van der Waals surface area contributed by atoms with Gasteiger partial charge in [-0.1, -0.05) is 18.2 Å². The first-order valence-corrected chi connectivity index (χ1v) is 7.04. The number of nitrogens with zero attached hydrogens (tertiary/aromatic N) is 1. The van der Waals surface area contributed by atoms with Gasteiger partial charge < -0.3 is 15.4 Å². The summed E-state index contributed by atoms with van der Waals surface area (Å²) in [5, 5.41) is 16.4. The Bertz CT molecular complexity index is 689. The summed E-state index contributed by atoms with van der Waals surface area (Å²) >= 11 is 0. The number of ether oxygens (including phenoxy) is 1. The van der Waals surface area contributed by atoms with Gasteiger partial charge in [-0.25, -0.2) is 0 Å². The molecule has 0 spiro atoms. The summed E-state index contributed by atoms with van der Waals surface area (Å²) in [5.74, 6) is 0.336. The molecule has 7 nitrogen and oxygen atoms in total. The summed E-state index contributed by atoms with van der Waals surface area (Å²) in [7, 11) is 1.59. The smallest absolute Gasteiger partial charge is 0.293 e. The minimum atomic E-state index is -0.527. The van der Waals surface area contributed by atoms with Gasteiger partial charge in [0.05, 0.1) is 11.5 Å². The molecule has 0 fully saturated rings. The normalized spacial score (nSPS) is 9.96. The highest BCUT2D eigenvalue weighted by molar-refractivity contribution is 5.95. The first kappa shape index (κ1) is 16.3. The van der Waals surface area contributed by atoms with E-state index < -0.39 is 4.92 Å². The molecule has 7 heteroatoms. The zero-order valence-corrected chi connectivity index (χ0v) is 12.6. The molecule has 2 rings (SSSR count). The quantitative estimate of drug-likeness (QED) is 0.465. The third kappa shape index (κ3) is 4.44. The lowest BCUT2D eigenvalue weighted by molar-refractivity contribution is -0.384. The van der Waals surface area contributed by atoms with E-state index in [1.54, 1.807) is 7.05 Å². The molecule has 0 bridgehead atoms. The van der Waals surface area contributed by atoms with Crippen LogP contribution in [0.15, 0.2) is 48.5 Å². The average Bonchev–Trinajstić information content (AvgIpc) is 2.58. The number of amides is 1. The van der Waals surface area contributed by atoms with E-state index in [-0.39, 0.29) is 17.2 Å². The second-order valence-electron chi connectivity index (χ2n) is 4.66. The maximum Gasteiger partial charge on any atom is 0.293 e. The van der Waals surface area contributed by atoms with E-state index in [1.165, 1.54) is 18.2 Å². The molecule has 0 radical (unpaired) electrons. The first-order chi connectivity index (χ1) is 11.1. The molecule has 2 N–H and O–H groups in total. The number of carbonyl (C=O) groups excluding carboxylic acids is 1. The maximum atomic E-state index is 12.0. The van der Waals surface area contributed by atoms with Gasteiger partial charge >= 0.3 is 0 Å². The van der Waals surface area contributed by atoms with Crippen molar-refractivity contribution >= 4 is 17.3 Å². The van der Waals surface area contributed by atoms with E-state index in [0.29, 0.717) is 18.8 Å². The fourth-order valence-corrected chi connectivity index (χ4v) is 1.99.